The fraction of sp³-hybridized carbons (Fsp3) is 0.158. The summed E-state index contributed by atoms with van der Waals surface area (Å²) in [5.74, 6) is 0.414. The van der Waals surface area contributed by atoms with Gasteiger partial charge in [-0.2, -0.15) is 5.10 Å². The molecule has 4 nitrogen and oxygen atoms in total. The highest BCUT2D eigenvalue weighted by Gasteiger charge is 2.12. The summed E-state index contributed by atoms with van der Waals surface area (Å²) in [6.07, 6.45) is 2.88. The third-order valence-electron chi connectivity index (χ3n) is 3.81. The summed E-state index contributed by atoms with van der Waals surface area (Å²) in [5.41, 5.74) is 2.03. The Morgan fingerprint density at radius 3 is 2.65 bits per heavy atom. The van der Waals surface area contributed by atoms with Gasteiger partial charge in [0.25, 0.3) is 0 Å². The molecule has 0 aliphatic rings. The molecule has 1 aromatic heterocycles. The quantitative estimate of drug-likeness (QED) is 0.531. The van der Waals surface area contributed by atoms with Crippen molar-refractivity contribution in [3.63, 3.8) is 0 Å². The third-order valence-corrected chi connectivity index (χ3v) is 4.97. The van der Waals surface area contributed by atoms with Crippen LogP contribution in [0.25, 0.3) is 0 Å². The molecule has 1 N–H and O–H groups in total. The van der Waals surface area contributed by atoms with Crippen LogP contribution in [0.2, 0.25) is 10.0 Å². The summed E-state index contributed by atoms with van der Waals surface area (Å²) < 4.78 is 2.43. The number of aryl methyl sites for hydroxylation is 1. The van der Waals surface area contributed by atoms with Crippen LogP contribution in [0.1, 0.15) is 17.5 Å². The molecule has 0 spiro atoms. The zero-order chi connectivity index (χ0) is 18.5. The van der Waals surface area contributed by atoms with Crippen LogP contribution in [-0.2, 0) is 17.8 Å². The number of nitrogens with one attached hydrogen (secondary N) is 1. The van der Waals surface area contributed by atoms with E-state index < -0.39 is 0 Å². The maximum Gasteiger partial charge on any atom is 0.225 e. The molecule has 0 aliphatic heterocycles. The van der Waals surface area contributed by atoms with Gasteiger partial charge in [0, 0.05) is 22.7 Å². The Labute approximate surface area is 170 Å². The van der Waals surface area contributed by atoms with Crippen molar-refractivity contribution in [2.24, 2.45) is 0 Å². The lowest BCUT2D eigenvalue weighted by atomic mass is 10.1. The van der Waals surface area contributed by atoms with E-state index in [2.05, 4.69) is 26.3 Å². The molecule has 0 bridgehead atoms. The largest absolute Gasteiger partial charge is 0.308 e. The first kappa shape index (κ1) is 19.0. The Bertz CT molecular complexity index is 912. The fourth-order valence-electron chi connectivity index (χ4n) is 2.48. The summed E-state index contributed by atoms with van der Waals surface area (Å²) in [7, 11) is 0. The summed E-state index contributed by atoms with van der Waals surface area (Å²) in [4.78, 5) is 12.2. The number of halogens is 3. The Morgan fingerprint density at radius 2 is 1.92 bits per heavy atom. The Hall–Kier alpha value is -1.82. The van der Waals surface area contributed by atoms with Crippen molar-refractivity contribution >= 4 is 50.9 Å². The summed E-state index contributed by atoms with van der Waals surface area (Å²) in [5, 5.41) is 8.42. The van der Waals surface area contributed by atoms with E-state index in [4.69, 9.17) is 23.2 Å². The minimum absolute atomic E-state index is 0.0793. The molecule has 3 rings (SSSR count). The van der Waals surface area contributed by atoms with Crippen molar-refractivity contribution in [2.75, 3.05) is 5.32 Å². The number of hydrogen-bond acceptors (Lipinski definition) is 2. The molecule has 0 radical (unpaired) electrons. The van der Waals surface area contributed by atoms with E-state index in [1.807, 2.05) is 36.4 Å². The average Bonchev–Trinajstić information content (AvgIpc) is 2.96. The number of benzene rings is 2. The minimum Gasteiger partial charge on any atom is -0.308 e. The lowest BCUT2D eigenvalue weighted by Gasteiger charge is -2.05. The standard InChI is InChI=1S/C19H16BrCl2N3O/c20-16-12-25(11-14-7-8-15(21)10-17(14)22)24-19(16)23-18(26)9-6-13-4-2-1-3-5-13/h1-5,7-8,10,12H,6,9,11H2,(H,23,24,26). The molecule has 0 unspecified atom stereocenters. The highest BCUT2D eigenvalue weighted by molar-refractivity contribution is 9.10. The van der Waals surface area contributed by atoms with E-state index in [1.165, 1.54) is 0 Å². The van der Waals surface area contributed by atoms with Crippen LogP contribution >= 0.6 is 39.1 Å². The van der Waals surface area contributed by atoms with Crippen LogP contribution in [0.5, 0.6) is 0 Å². The van der Waals surface area contributed by atoms with Crippen molar-refractivity contribution in [2.45, 2.75) is 19.4 Å². The predicted octanol–water partition coefficient (Wildman–Crippen LogP) is 5.57. The lowest BCUT2D eigenvalue weighted by molar-refractivity contribution is -0.116. The second-order valence-corrected chi connectivity index (χ2v) is 7.49. The molecule has 7 heteroatoms. The number of aromatic nitrogens is 2. The monoisotopic (exact) mass is 451 g/mol. The second kappa shape index (κ2) is 8.71. The molecular weight excluding hydrogens is 437 g/mol. The molecule has 2 aromatic carbocycles. The van der Waals surface area contributed by atoms with E-state index in [1.54, 1.807) is 23.0 Å². The molecule has 0 aliphatic carbocycles. The molecule has 0 saturated heterocycles. The van der Waals surface area contributed by atoms with Crippen LogP contribution < -0.4 is 5.32 Å². The fourth-order valence-corrected chi connectivity index (χ4v) is 3.37. The molecule has 0 atom stereocenters. The third kappa shape index (κ3) is 5.10. The van der Waals surface area contributed by atoms with Crippen molar-refractivity contribution in [1.82, 2.24) is 9.78 Å². The molecule has 1 heterocycles. The normalized spacial score (nSPS) is 10.7. The predicted molar refractivity (Wildman–Crippen MR) is 109 cm³/mol. The van der Waals surface area contributed by atoms with Crippen molar-refractivity contribution in [3.05, 3.63) is 80.4 Å². The van der Waals surface area contributed by atoms with Gasteiger partial charge in [0.15, 0.2) is 5.82 Å². The SMILES string of the molecule is O=C(CCc1ccccc1)Nc1nn(Cc2ccc(Cl)cc2Cl)cc1Br. The zero-order valence-corrected chi connectivity index (χ0v) is 16.9. The molecular formula is C19H16BrCl2N3O. The van der Waals surface area contributed by atoms with Crippen LogP contribution in [0.4, 0.5) is 5.82 Å². The molecule has 26 heavy (non-hydrogen) atoms. The zero-order valence-electron chi connectivity index (χ0n) is 13.8. The van der Waals surface area contributed by atoms with Crippen molar-refractivity contribution in [1.29, 1.82) is 0 Å². The highest BCUT2D eigenvalue weighted by atomic mass is 79.9. The molecule has 134 valence electrons. The maximum atomic E-state index is 12.2. The minimum atomic E-state index is -0.0793. The number of hydrogen-bond donors (Lipinski definition) is 1. The van der Waals surface area contributed by atoms with Gasteiger partial charge in [0.2, 0.25) is 5.91 Å². The van der Waals surface area contributed by atoms with E-state index in [0.717, 1.165) is 15.6 Å². The lowest BCUT2D eigenvalue weighted by Crippen LogP contribution is -2.13. The molecule has 0 fully saturated rings. The Balaban J connectivity index is 1.61. The van der Waals surface area contributed by atoms with Gasteiger partial charge in [-0.05, 0) is 45.6 Å². The van der Waals surface area contributed by atoms with E-state index in [-0.39, 0.29) is 5.91 Å². The topological polar surface area (TPSA) is 46.9 Å². The number of rotatable bonds is 6. The van der Waals surface area contributed by atoms with Gasteiger partial charge >= 0.3 is 0 Å². The summed E-state index contributed by atoms with van der Waals surface area (Å²) in [6.45, 7) is 0.481. The van der Waals surface area contributed by atoms with Crippen LogP contribution in [0, 0.1) is 0 Å². The Morgan fingerprint density at radius 1 is 1.15 bits per heavy atom. The van der Waals surface area contributed by atoms with Crippen LogP contribution in [0.3, 0.4) is 0 Å². The first-order valence-corrected chi connectivity index (χ1v) is 9.57. The van der Waals surface area contributed by atoms with Gasteiger partial charge in [-0.1, -0.05) is 59.6 Å². The molecule has 3 aromatic rings. The van der Waals surface area contributed by atoms with Crippen molar-refractivity contribution in [3.8, 4) is 0 Å². The number of anilines is 1. The number of carbonyl (C=O) groups is 1. The first-order chi connectivity index (χ1) is 12.5. The molecule has 0 saturated carbocycles. The summed E-state index contributed by atoms with van der Waals surface area (Å²) >= 11 is 15.6. The smallest absolute Gasteiger partial charge is 0.225 e. The number of carbonyl (C=O) groups excluding carboxylic acids is 1. The van der Waals surface area contributed by atoms with Crippen LogP contribution in [-0.4, -0.2) is 15.7 Å². The van der Waals surface area contributed by atoms with E-state index >= 15 is 0 Å². The number of nitrogens with zero attached hydrogens (tertiary/aromatic N) is 2. The number of amides is 1. The Kier molecular flexibility index (Phi) is 6.35. The second-order valence-electron chi connectivity index (χ2n) is 5.79. The van der Waals surface area contributed by atoms with E-state index in [9.17, 15) is 4.79 Å². The first-order valence-electron chi connectivity index (χ1n) is 8.02. The summed E-state index contributed by atoms with van der Waals surface area (Å²) in [6, 6.07) is 15.2. The van der Waals surface area contributed by atoms with Gasteiger partial charge in [0.1, 0.15) is 0 Å². The van der Waals surface area contributed by atoms with Gasteiger partial charge in [-0.25, -0.2) is 0 Å². The van der Waals surface area contributed by atoms with Crippen LogP contribution in [0.15, 0.2) is 59.2 Å². The average molecular weight is 453 g/mol. The highest BCUT2D eigenvalue weighted by Crippen LogP contribution is 2.24. The van der Waals surface area contributed by atoms with Crippen molar-refractivity contribution < 1.29 is 4.79 Å². The van der Waals surface area contributed by atoms with E-state index in [0.29, 0.717) is 35.2 Å². The van der Waals surface area contributed by atoms with Gasteiger partial charge < -0.3 is 5.32 Å². The van der Waals surface area contributed by atoms with Gasteiger partial charge in [-0.3, -0.25) is 9.48 Å². The van der Waals surface area contributed by atoms with Gasteiger partial charge in [0.05, 0.1) is 11.0 Å². The van der Waals surface area contributed by atoms with Gasteiger partial charge in [-0.15, -0.1) is 0 Å². The maximum absolute atomic E-state index is 12.2. The molecule has 1 amide bonds.